The number of aliphatic hydroxyl groups excluding tert-OH is 3. The highest BCUT2D eigenvalue weighted by Crippen LogP contribution is 2.40. The third kappa shape index (κ3) is 11.6. The molecule has 0 spiro atoms. The zero-order chi connectivity index (χ0) is 43.5. The molecule has 3 fully saturated rings. The number of hydrogen-bond acceptors (Lipinski definition) is 14. The number of urea groups is 1. The Hall–Kier alpha value is -1.70. The monoisotopic (exact) mass is 820 g/mol. The fraction of sp³-hybridized carbons (Fsp3) is 0.951. The van der Waals surface area contributed by atoms with E-state index in [-0.39, 0.29) is 44.0 Å². The topological polar surface area (TPSA) is 209 Å². The molecule has 0 radical (unpaired) electrons. The molecule has 16 nitrogen and oxygen atoms in total. The summed E-state index contributed by atoms with van der Waals surface area (Å²) >= 11 is 0. The second-order valence-corrected chi connectivity index (χ2v) is 18.5. The number of methoxy groups -OCH3 is 1. The Kier molecular flexibility index (Phi) is 17.2. The maximum absolute atomic E-state index is 14.4. The number of amides is 2. The lowest BCUT2D eigenvalue weighted by Crippen LogP contribution is -2.62. The van der Waals surface area contributed by atoms with Crippen molar-refractivity contribution in [2.75, 3.05) is 27.7 Å². The standard InChI is InChI=1S/C41H77N3O13/c1-16-29-41(12,51)33(46)26(8)44(38(49)42-21(2)3)20-22(4)18-39(10,50)35(57-37-31(45)28(43(13)14)17-23(5)53-37)24(6)32(25(7)36(48)55-29)56-30-19-40(11,52-15)34(47)27(9)54-30/h21-35,37,45-47,50-51H,16-20H2,1-15H3,(H,42,49)/t22-,23-,24+,25-,26-,27+,28+,29?,30+,31-,32+,33-,34+,35-,37+,39-,40-,41-/m1/s1. The lowest BCUT2D eigenvalue weighted by molar-refractivity contribution is -0.318. The van der Waals surface area contributed by atoms with Crippen LogP contribution in [0, 0.1) is 17.8 Å². The molecule has 57 heavy (non-hydrogen) atoms. The number of hydrogen-bond donors (Lipinski definition) is 6. The van der Waals surface area contributed by atoms with E-state index in [1.807, 2.05) is 46.7 Å². The number of likely N-dealkylation sites (N-methyl/N-ethyl adjacent to an activating group) is 1. The highest BCUT2D eigenvalue weighted by Gasteiger charge is 2.53. The number of ether oxygens (including phenoxy) is 6. The normalized spacial score (nSPS) is 46.0. The van der Waals surface area contributed by atoms with Crippen LogP contribution >= 0.6 is 0 Å². The summed E-state index contributed by atoms with van der Waals surface area (Å²) in [6.45, 7) is 20.6. The number of rotatable bonds is 8. The highest BCUT2D eigenvalue weighted by molar-refractivity contribution is 5.75. The number of carbonyl (C=O) groups is 2. The van der Waals surface area contributed by atoms with Crippen LogP contribution in [0.3, 0.4) is 0 Å². The largest absolute Gasteiger partial charge is 0.459 e. The molecule has 0 aromatic rings. The van der Waals surface area contributed by atoms with E-state index in [9.17, 15) is 35.1 Å². The quantitative estimate of drug-likeness (QED) is 0.195. The van der Waals surface area contributed by atoms with Crippen LogP contribution in [0.2, 0.25) is 0 Å². The van der Waals surface area contributed by atoms with E-state index in [4.69, 9.17) is 28.4 Å². The van der Waals surface area contributed by atoms with Crippen LogP contribution in [0.1, 0.15) is 109 Å². The molecule has 3 aliphatic heterocycles. The van der Waals surface area contributed by atoms with E-state index < -0.39 is 108 Å². The Morgan fingerprint density at radius 3 is 2.14 bits per heavy atom. The summed E-state index contributed by atoms with van der Waals surface area (Å²) in [4.78, 5) is 31.4. The summed E-state index contributed by atoms with van der Waals surface area (Å²) in [5.41, 5.74) is -4.77. The maximum Gasteiger partial charge on any atom is 0.317 e. The first-order valence-corrected chi connectivity index (χ1v) is 20.8. The first kappa shape index (κ1) is 49.7. The number of aliphatic hydroxyl groups is 5. The van der Waals surface area contributed by atoms with E-state index >= 15 is 0 Å². The molecule has 16 heteroatoms. The van der Waals surface area contributed by atoms with Crippen molar-refractivity contribution in [2.45, 2.75) is 205 Å². The van der Waals surface area contributed by atoms with Crippen LogP contribution in [0.25, 0.3) is 0 Å². The van der Waals surface area contributed by atoms with Crippen molar-refractivity contribution in [2.24, 2.45) is 17.8 Å². The number of cyclic esters (lactones) is 1. The van der Waals surface area contributed by atoms with Gasteiger partial charge in [-0.1, -0.05) is 20.8 Å². The minimum absolute atomic E-state index is 0.0518. The van der Waals surface area contributed by atoms with Crippen molar-refractivity contribution in [3.63, 3.8) is 0 Å². The van der Waals surface area contributed by atoms with Gasteiger partial charge in [0.15, 0.2) is 12.6 Å². The van der Waals surface area contributed by atoms with Gasteiger partial charge in [0.05, 0.1) is 47.6 Å². The van der Waals surface area contributed by atoms with Gasteiger partial charge in [-0.25, -0.2) is 4.79 Å². The molecular formula is C41H77N3O13. The predicted molar refractivity (Wildman–Crippen MR) is 212 cm³/mol. The van der Waals surface area contributed by atoms with Crippen LogP contribution in [-0.2, 0) is 33.2 Å². The molecule has 0 aliphatic carbocycles. The van der Waals surface area contributed by atoms with Crippen molar-refractivity contribution in [3.8, 4) is 0 Å². The van der Waals surface area contributed by atoms with Crippen molar-refractivity contribution in [1.82, 2.24) is 15.1 Å². The van der Waals surface area contributed by atoms with Crippen molar-refractivity contribution >= 4 is 12.0 Å². The summed E-state index contributed by atoms with van der Waals surface area (Å²) in [6.07, 6.45) is -9.47. The predicted octanol–water partition coefficient (Wildman–Crippen LogP) is 2.39. The summed E-state index contributed by atoms with van der Waals surface area (Å²) in [6, 6.07) is -2.00. The zero-order valence-electron chi connectivity index (χ0n) is 37.2. The van der Waals surface area contributed by atoms with E-state index in [1.54, 1.807) is 48.5 Å². The smallest absolute Gasteiger partial charge is 0.317 e. The molecule has 334 valence electrons. The molecular weight excluding hydrogens is 742 g/mol. The summed E-state index contributed by atoms with van der Waals surface area (Å²) in [5.74, 6) is -3.10. The zero-order valence-corrected chi connectivity index (χ0v) is 37.2. The van der Waals surface area contributed by atoms with Crippen LogP contribution in [0.5, 0.6) is 0 Å². The second-order valence-electron chi connectivity index (χ2n) is 18.5. The molecule has 0 saturated carbocycles. The van der Waals surface area contributed by atoms with E-state index in [1.165, 1.54) is 18.9 Å². The van der Waals surface area contributed by atoms with Gasteiger partial charge in [0.2, 0.25) is 0 Å². The summed E-state index contributed by atoms with van der Waals surface area (Å²) < 4.78 is 37.6. The molecule has 3 rings (SSSR count). The molecule has 0 bridgehead atoms. The molecule has 3 saturated heterocycles. The van der Waals surface area contributed by atoms with Gasteiger partial charge in [-0.3, -0.25) is 4.79 Å². The van der Waals surface area contributed by atoms with Crippen LogP contribution in [0.4, 0.5) is 4.79 Å². The average molecular weight is 820 g/mol. The fourth-order valence-electron chi connectivity index (χ4n) is 9.11. The van der Waals surface area contributed by atoms with Gasteiger partial charge in [0.1, 0.15) is 30.0 Å². The first-order chi connectivity index (χ1) is 26.2. The SMILES string of the molecule is CCC1OC(=O)[C@H](C)[C@@H](O[C@H]2C[C@@](C)(OC)[C@@H](O)[C@H](C)O2)[C@H](C)[C@@H](O[C@@H]2O[C@H](C)C[C@H](N(C)C)[C@H]2O)[C@](C)(O)C[C@@H](C)CN(C(=O)NC(C)C)[C@H](C)[C@@H](O)[C@]1(C)O. The molecule has 0 aromatic carbocycles. The third-order valence-corrected chi connectivity index (χ3v) is 12.6. The third-order valence-electron chi connectivity index (χ3n) is 12.6. The van der Waals surface area contributed by atoms with Crippen LogP contribution in [-0.4, -0.2) is 171 Å². The van der Waals surface area contributed by atoms with Gasteiger partial charge in [-0.2, -0.15) is 0 Å². The fourth-order valence-corrected chi connectivity index (χ4v) is 9.11. The second kappa shape index (κ2) is 19.8. The lowest BCUT2D eigenvalue weighted by Gasteiger charge is -2.48. The Bertz CT molecular complexity index is 1300. The Labute approximate surface area is 340 Å². The molecule has 3 aliphatic rings. The molecule has 18 atom stereocenters. The Morgan fingerprint density at radius 1 is 0.982 bits per heavy atom. The first-order valence-electron chi connectivity index (χ1n) is 20.8. The molecule has 2 amide bonds. The minimum atomic E-state index is -2.01. The van der Waals surface area contributed by atoms with Gasteiger partial charge in [-0.05, 0) is 102 Å². The van der Waals surface area contributed by atoms with Gasteiger partial charge in [0.25, 0.3) is 0 Å². The van der Waals surface area contributed by atoms with Crippen molar-refractivity contribution in [3.05, 3.63) is 0 Å². The molecule has 1 unspecified atom stereocenters. The van der Waals surface area contributed by atoms with Gasteiger partial charge in [-0.15, -0.1) is 0 Å². The van der Waals surface area contributed by atoms with Gasteiger partial charge < -0.3 is 69.1 Å². The Balaban J connectivity index is 2.24. The lowest BCUT2D eigenvalue weighted by atomic mass is 9.77. The van der Waals surface area contributed by atoms with E-state index in [2.05, 4.69) is 5.32 Å². The molecule has 0 aromatic heterocycles. The number of nitrogens with one attached hydrogen (secondary N) is 1. The average Bonchev–Trinajstić information content (AvgIpc) is 3.11. The minimum Gasteiger partial charge on any atom is -0.459 e. The maximum atomic E-state index is 14.4. The summed E-state index contributed by atoms with van der Waals surface area (Å²) in [7, 11) is 5.21. The van der Waals surface area contributed by atoms with E-state index in [0.717, 1.165) is 0 Å². The van der Waals surface area contributed by atoms with E-state index in [0.29, 0.717) is 6.42 Å². The highest BCUT2D eigenvalue weighted by atomic mass is 16.7. The van der Waals surface area contributed by atoms with Crippen LogP contribution < -0.4 is 5.32 Å². The Morgan fingerprint density at radius 2 is 1.60 bits per heavy atom. The van der Waals surface area contributed by atoms with Crippen LogP contribution in [0.15, 0.2) is 0 Å². The van der Waals surface area contributed by atoms with Gasteiger partial charge in [0, 0.05) is 38.1 Å². The van der Waals surface area contributed by atoms with Crippen molar-refractivity contribution in [1.29, 1.82) is 0 Å². The van der Waals surface area contributed by atoms with Crippen molar-refractivity contribution < 1.29 is 63.5 Å². The van der Waals surface area contributed by atoms with Gasteiger partial charge >= 0.3 is 12.0 Å². The number of carbonyl (C=O) groups excluding carboxylic acids is 2. The number of nitrogens with zero attached hydrogens (tertiary/aromatic N) is 2. The molecule has 6 N–H and O–H groups in total. The summed E-state index contributed by atoms with van der Waals surface area (Å²) in [5, 5.41) is 61.9. The molecule has 3 heterocycles. The number of esters is 1.